The zero-order valence-corrected chi connectivity index (χ0v) is 20.5. The molecule has 0 radical (unpaired) electrons. The van der Waals surface area contributed by atoms with E-state index in [4.69, 9.17) is 19.8 Å². The molecule has 0 spiro atoms. The number of carbonyl (C=O) groups excluding carboxylic acids is 1. The molecule has 2 atom stereocenters. The van der Waals surface area contributed by atoms with Gasteiger partial charge in [-0.15, -0.1) is 0 Å². The summed E-state index contributed by atoms with van der Waals surface area (Å²) in [5.41, 5.74) is 2.36. The molecule has 2 aromatic heterocycles. The van der Waals surface area contributed by atoms with Gasteiger partial charge in [-0.05, 0) is 67.0 Å². The highest BCUT2D eigenvalue weighted by Crippen LogP contribution is 2.26. The number of hydrogen-bond donors (Lipinski definition) is 2. The number of likely N-dealkylation sites (tertiary alicyclic amines) is 1. The van der Waals surface area contributed by atoms with E-state index in [0.29, 0.717) is 12.5 Å². The van der Waals surface area contributed by atoms with Crippen molar-refractivity contribution in [3.8, 4) is 0 Å². The molecule has 2 N–H and O–H groups in total. The summed E-state index contributed by atoms with van der Waals surface area (Å²) < 4.78 is 63.5. The number of carboxylic acid groups (broad SMARTS) is 2. The van der Waals surface area contributed by atoms with Crippen molar-refractivity contribution in [3.05, 3.63) is 52.5 Å². The standard InChI is InChI=1S/C18H23N3OS.2C2HF3O2/c1-20(2)16-5-9-21(18(22)12-15-6-10-23-13-15)17(16)11-14-3-7-19-8-4-14;2*3-2(4,5)1(6)7/h3-4,6-8,10,13,16-17H,5,9,11-12H2,1-2H3;2*(H,6,7)/t16-,17+;;/m1../s1. The summed E-state index contributed by atoms with van der Waals surface area (Å²) in [5.74, 6) is -5.27. The van der Waals surface area contributed by atoms with Crippen LogP contribution in [0.4, 0.5) is 26.3 Å². The lowest BCUT2D eigenvalue weighted by molar-refractivity contribution is -0.193. The Morgan fingerprint density at radius 1 is 1.00 bits per heavy atom. The largest absolute Gasteiger partial charge is 0.490 e. The van der Waals surface area contributed by atoms with Crippen molar-refractivity contribution in [3.63, 3.8) is 0 Å². The van der Waals surface area contributed by atoms with Gasteiger partial charge in [-0.1, -0.05) is 0 Å². The Morgan fingerprint density at radius 3 is 1.92 bits per heavy atom. The fraction of sp³-hybridized carbons (Fsp3) is 0.455. The highest BCUT2D eigenvalue weighted by atomic mass is 32.1. The molecule has 0 unspecified atom stereocenters. The Balaban J connectivity index is 0.000000404. The highest BCUT2D eigenvalue weighted by molar-refractivity contribution is 7.08. The maximum absolute atomic E-state index is 12.8. The normalized spacial score (nSPS) is 17.4. The fourth-order valence-electron chi connectivity index (χ4n) is 3.43. The average molecular weight is 558 g/mol. The summed E-state index contributed by atoms with van der Waals surface area (Å²) in [6.45, 7) is 0.849. The van der Waals surface area contributed by atoms with Crippen LogP contribution in [0.3, 0.4) is 0 Å². The number of pyridine rings is 1. The molecule has 0 aliphatic carbocycles. The van der Waals surface area contributed by atoms with Gasteiger partial charge < -0.3 is 20.0 Å². The molecule has 2 aromatic rings. The van der Waals surface area contributed by atoms with Gasteiger partial charge in [-0.25, -0.2) is 9.59 Å². The Labute approximate surface area is 212 Å². The van der Waals surface area contributed by atoms with E-state index in [2.05, 4.69) is 34.3 Å². The van der Waals surface area contributed by atoms with Crippen LogP contribution in [0.2, 0.25) is 0 Å². The molecule has 1 aliphatic rings. The summed E-state index contributed by atoms with van der Waals surface area (Å²) in [7, 11) is 4.22. The molecule has 1 aliphatic heterocycles. The Bertz CT molecular complexity index is 976. The van der Waals surface area contributed by atoms with E-state index in [1.54, 1.807) is 11.3 Å². The minimum Gasteiger partial charge on any atom is -0.475 e. The van der Waals surface area contributed by atoms with Gasteiger partial charge in [0.2, 0.25) is 5.91 Å². The molecule has 206 valence electrons. The monoisotopic (exact) mass is 557 g/mol. The smallest absolute Gasteiger partial charge is 0.475 e. The number of rotatable bonds is 5. The van der Waals surface area contributed by atoms with Crippen LogP contribution < -0.4 is 0 Å². The van der Waals surface area contributed by atoms with Crippen LogP contribution >= 0.6 is 11.3 Å². The number of aliphatic carboxylic acids is 2. The molecule has 3 rings (SSSR count). The van der Waals surface area contributed by atoms with Crippen LogP contribution in [-0.2, 0) is 27.2 Å². The van der Waals surface area contributed by atoms with E-state index in [1.165, 1.54) is 5.56 Å². The van der Waals surface area contributed by atoms with Gasteiger partial charge >= 0.3 is 24.3 Å². The number of thiophene rings is 1. The number of nitrogens with zero attached hydrogens (tertiary/aromatic N) is 3. The summed E-state index contributed by atoms with van der Waals surface area (Å²) in [4.78, 5) is 39.0. The Kier molecular flexibility index (Phi) is 12.0. The fourth-order valence-corrected chi connectivity index (χ4v) is 4.09. The van der Waals surface area contributed by atoms with Crippen LogP contribution in [-0.4, -0.2) is 87.9 Å². The maximum Gasteiger partial charge on any atom is 0.490 e. The van der Waals surface area contributed by atoms with Gasteiger partial charge in [-0.2, -0.15) is 37.7 Å². The summed E-state index contributed by atoms with van der Waals surface area (Å²) in [6.07, 6.45) is -4.08. The van der Waals surface area contributed by atoms with E-state index < -0.39 is 24.3 Å². The molecule has 1 saturated heterocycles. The van der Waals surface area contributed by atoms with E-state index in [0.717, 1.165) is 24.9 Å². The third-order valence-corrected chi connectivity index (χ3v) is 5.84. The second-order valence-electron chi connectivity index (χ2n) is 7.95. The third-order valence-electron chi connectivity index (χ3n) is 5.11. The Morgan fingerprint density at radius 2 is 1.51 bits per heavy atom. The number of aromatic nitrogens is 1. The number of alkyl halides is 6. The van der Waals surface area contributed by atoms with Crippen molar-refractivity contribution in [2.45, 2.75) is 43.7 Å². The second-order valence-corrected chi connectivity index (χ2v) is 8.73. The molecule has 1 fully saturated rings. The first kappa shape index (κ1) is 31.8. The van der Waals surface area contributed by atoms with Gasteiger partial charge in [0.25, 0.3) is 0 Å². The lowest BCUT2D eigenvalue weighted by Crippen LogP contribution is -2.46. The van der Waals surface area contributed by atoms with Gasteiger partial charge in [0.1, 0.15) is 0 Å². The number of carboxylic acids is 2. The molecule has 0 bridgehead atoms. The third kappa shape index (κ3) is 11.2. The van der Waals surface area contributed by atoms with Gasteiger partial charge in [0.15, 0.2) is 0 Å². The number of likely N-dealkylation sites (N-methyl/N-ethyl adjacent to an activating group) is 1. The van der Waals surface area contributed by atoms with Crippen molar-refractivity contribution in [1.82, 2.24) is 14.8 Å². The van der Waals surface area contributed by atoms with Crippen LogP contribution in [0.1, 0.15) is 17.5 Å². The topological polar surface area (TPSA) is 111 Å². The van der Waals surface area contributed by atoms with Crippen molar-refractivity contribution < 1.29 is 50.9 Å². The molecule has 0 saturated carbocycles. The number of halogens is 6. The zero-order chi connectivity index (χ0) is 28.4. The molecule has 3 heterocycles. The van der Waals surface area contributed by atoms with Crippen LogP contribution in [0.5, 0.6) is 0 Å². The molecule has 1 amide bonds. The van der Waals surface area contributed by atoms with Crippen LogP contribution in [0.15, 0.2) is 41.4 Å². The summed E-state index contributed by atoms with van der Waals surface area (Å²) >= 11 is 1.65. The summed E-state index contributed by atoms with van der Waals surface area (Å²) in [6, 6.07) is 6.78. The van der Waals surface area contributed by atoms with Crippen molar-refractivity contribution in [2.75, 3.05) is 20.6 Å². The lowest BCUT2D eigenvalue weighted by atomic mass is 10.00. The average Bonchev–Trinajstić information content (AvgIpc) is 3.44. The first-order valence-corrected chi connectivity index (χ1v) is 11.4. The number of amides is 1. The van der Waals surface area contributed by atoms with Crippen molar-refractivity contribution in [1.29, 1.82) is 0 Å². The van der Waals surface area contributed by atoms with Gasteiger partial charge in [0, 0.05) is 25.0 Å². The molecular weight excluding hydrogens is 532 g/mol. The minimum atomic E-state index is -5.08. The van der Waals surface area contributed by atoms with E-state index >= 15 is 0 Å². The predicted molar refractivity (Wildman–Crippen MR) is 121 cm³/mol. The maximum atomic E-state index is 12.8. The molecule has 15 heteroatoms. The SMILES string of the molecule is CN(C)[C@@H]1CCN(C(=O)Cc2ccsc2)[C@H]1Cc1ccncc1.O=C(O)C(F)(F)F.O=C(O)C(F)(F)F. The van der Waals surface area contributed by atoms with Crippen LogP contribution in [0.25, 0.3) is 0 Å². The van der Waals surface area contributed by atoms with E-state index in [-0.39, 0.29) is 11.9 Å². The highest BCUT2D eigenvalue weighted by Gasteiger charge is 2.39. The number of carbonyl (C=O) groups is 3. The van der Waals surface area contributed by atoms with E-state index in [9.17, 15) is 31.1 Å². The lowest BCUT2D eigenvalue weighted by Gasteiger charge is -2.31. The van der Waals surface area contributed by atoms with E-state index in [1.807, 2.05) is 36.0 Å². The van der Waals surface area contributed by atoms with Crippen LogP contribution in [0, 0.1) is 0 Å². The molecule has 37 heavy (non-hydrogen) atoms. The van der Waals surface area contributed by atoms with Crippen molar-refractivity contribution in [2.24, 2.45) is 0 Å². The second kappa shape index (κ2) is 13.9. The molecular formula is C22H25F6N3O5S. The quantitative estimate of drug-likeness (QED) is 0.539. The summed E-state index contributed by atoms with van der Waals surface area (Å²) in [5, 5.41) is 18.3. The first-order valence-electron chi connectivity index (χ1n) is 10.5. The van der Waals surface area contributed by atoms with Crippen molar-refractivity contribution >= 4 is 29.2 Å². The first-order chi connectivity index (χ1) is 17.0. The van der Waals surface area contributed by atoms with Gasteiger partial charge in [0.05, 0.1) is 12.5 Å². The Hall–Kier alpha value is -3.20. The molecule has 8 nitrogen and oxygen atoms in total. The van der Waals surface area contributed by atoms with Gasteiger partial charge in [-0.3, -0.25) is 9.78 Å². The minimum absolute atomic E-state index is 0.235. The number of hydrogen-bond acceptors (Lipinski definition) is 6. The molecule has 0 aromatic carbocycles. The predicted octanol–water partition coefficient (Wildman–Crippen LogP) is 3.73. The zero-order valence-electron chi connectivity index (χ0n) is 19.7.